The third-order valence-electron chi connectivity index (χ3n) is 2.75. The van der Waals surface area contributed by atoms with E-state index in [-0.39, 0.29) is 21.6 Å². The second kappa shape index (κ2) is 8.01. The number of rotatable bonds is 6. The summed E-state index contributed by atoms with van der Waals surface area (Å²) in [6.07, 6.45) is 2.40. The molecule has 1 rings (SSSR count). The molecule has 0 aliphatic heterocycles. The Hall–Kier alpha value is -0.580. The highest BCUT2D eigenvalue weighted by atomic mass is 35.5. The van der Waals surface area contributed by atoms with Gasteiger partial charge in [-0.05, 0) is 29.7 Å². The molecule has 0 radical (unpaired) electrons. The average molecular weight is 337 g/mol. The second-order valence-corrected chi connectivity index (χ2v) is 6.46. The number of thioether (sulfide) groups is 1. The van der Waals surface area contributed by atoms with Crippen LogP contribution in [0.25, 0.3) is 0 Å². The monoisotopic (exact) mass is 336 g/mol. The van der Waals surface area contributed by atoms with Crippen molar-refractivity contribution in [2.75, 3.05) is 0 Å². The van der Waals surface area contributed by atoms with Crippen molar-refractivity contribution in [1.82, 2.24) is 0 Å². The van der Waals surface area contributed by atoms with Gasteiger partial charge in [0.15, 0.2) is 5.12 Å². The van der Waals surface area contributed by atoms with E-state index in [2.05, 4.69) is 6.92 Å². The van der Waals surface area contributed by atoms with E-state index in [1.165, 1.54) is 6.07 Å². The molecule has 0 aliphatic rings. The first kappa shape index (κ1) is 17.5. The molecule has 0 aromatic heterocycles. The van der Waals surface area contributed by atoms with Gasteiger partial charge >= 0.3 is 0 Å². The zero-order valence-corrected chi connectivity index (χ0v) is 13.5. The average Bonchev–Trinajstić information content (AvgIpc) is 2.32. The zero-order valence-electron chi connectivity index (χ0n) is 11.2. The fourth-order valence-electron chi connectivity index (χ4n) is 1.80. The normalized spacial score (nSPS) is 12.2. The summed E-state index contributed by atoms with van der Waals surface area (Å²) in [6.45, 7) is 4.06. The summed E-state index contributed by atoms with van der Waals surface area (Å²) in [5, 5.41) is -0.870. The maximum atomic E-state index is 13.4. The van der Waals surface area contributed by atoms with Crippen molar-refractivity contribution in [3.8, 4) is 0 Å². The highest BCUT2D eigenvalue weighted by molar-refractivity contribution is 8.13. The van der Waals surface area contributed by atoms with Crippen LogP contribution in [0.2, 0.25) is 5.02 Å². The van der Waals surface area contributed by atoms with Gasteiger partial charge in [0.05, 0.1) is 10.6 Å². The molecule has 20 heavy (non-hydrogen) atoms. The molecule has 0 bridgehead atoms. The first-order valence-corrected chi connectivity index (χ1v) is 7.82. The number of benzene rings is 1. The molecule has 6 heteroatoms. The third-order valence-corrected chi connectivity index (χ3v) is 4.33. The largest absolute Gasteiger partial charge is 0.287 e. The standard InChI is InChI=1S/C14H15Cl2FO2S/c1-3-4-8(2)5-13(18)20-12-6-9(14(16)19)11(17)7-10(12)15/h6-8H,3-5H2,1-2H3. The summed E-state index contributed by atoms with van der Waals surface area (Å²) in [5.41, 5.74) is -0.270. The summed E-state index contributed by atoms with van der Waals surface area (Å²) in [5.74, 6) is -0.500. The number of halogens is 3. The molecule has 1 unspecified atom stereocenters. The minimum atomic E-state index is -0.909. The lowest BCUT2D eigenvalue weighted by Crippen LogP contribution is -2.02. The Morgan fingerprint density at radius 2 is 2.05 bits per heavy atom. The van der Waals surface area contributed by atoms with E-state index < -0.39 is 11.1 Å². The van der Waals surface area contributed by atoms with E-state index in [1.807, 2.05) is 6.92 Å². The molecule has 0 amide bonds. The predicted octanol–water partition coefficient (Wildman–Crippen LogP) is 5.30. The first-order valence-electron chi connectivity index (χ1n) is 6.24. The number of hydrogen-bond donors (Lipinski definition) is 0. The van der Waals surface area contributed by atoms with Gasteiger partial charge in [-0.25, -0.2) is 4.39 Å². The molecule has 110 valence electrons. The quantitative estimate of drug-likeness (QED) is 0.521. The van der Waals surface area contributed by atoms with Gasteiger partial charge in [0.2, 0.25) is 0 Å². The van der Waals surface area contributed by atoms with Gasteiger partial charge in [0.1, 0.15) is 5.82 Å². The maximum Gasteiger partial charge on any atom is 0.255 e. The van der Waals surface area contributed by atoms with Crippen LogP contribution in [0.4, 0.5) is 4.39 Å². The smallest absolute Gasteiger partial charge is 0.255 e. The fraction of sp³-hybridized carbons (Fsp3) is 0.429. The van der Waals surface area contributed by atoms with Crippen LogP contribution < -0.4 is 0 Å². The fourth-order valence-corrected chi connectivity index (χ4v) is 3.16. The van der Waals surface area contributed by atoms with E-state index in [9.17, 15) is 14.0 Å². The number of carbonyl (C=O) groups excluding carboxylic acids is 2. The van der Waals surface area contributed by atoms with Gasteiger partial charge < -0.3 is 0 Å². The second-order valence-electron chi connectivity index (χ2n) is 4.61. The van der Waals surface area contributed by atoms with Crippen LogP contribution in [-0.2, 0) is 4.79 Å². The predicted molar refractivity (Wildman–Crippen MR) is 81.1 cm³/mol. The van der Waals surface area contributed by atoms with Gasteiger partial charge in [0.25, 0.3) is 5.24 Å². The molecule has 0 aliphatic carbocycles. The Morgan fingerprint density at radius 1 is 1.40 bits per heavy atom. The molecule has 2 nitrogen and oxygen atoms in total. The van der Waals surface area contributed by atoms with Crippen LogP contribution >= 0.6 is 35.0 Å². The molecule has 1 aromatic carbocycles. The molecular formula is C14H15Cl2FO2S. The number of carbonyl (C=O) groups is 2. The third kappa shape index (κ3) is 5.08. The molecule has 0 saturated heterocycles. The Balaban J connectivity index is 2.84. The van der Waals surface area contributed by atoms with Crippen molar-refractivity contribution >= 4 is 45.3 Å². The molecule has 1 atom stereocenters. The van der Waals surface area contributed by atoms with Crippen LogP contribution in [-0.4, -0.2) is 10.4 Å². The van der Waals surface area contributed by atoms with Crippen LogP contribution in [0.1, 0.15) is 43.5 Å². The highest BCUT2D eigenvalue weighted by Crippen LogP contribution is 2.32. The lowest BCUT2D eigenvalue weighted by atomic mass is 10.0. The van der Waals surface area contributed by atoms with Crippen LogP contribution in [0.3, 0.4) is 0 Å². The topological polar surface area (TPSA) is 34.1 Å². The lowest BCUT2D eigenvalue weighted by Gasteiger charge is -2.09. The Bertz CT molecular complexity index is 520. The molecular weight excluding hydrogens is 322 g/mol. The number of hydrogen-bond acceptors (Lipinski definition) is 3. The van der Waals surface area contributed by atoms with Crippen molar-refractivity contribution in [1.29, 1.82) is 0 Å². The molecule has 0 saturated carbocycles. The summed E-state index contributed by atoms with van der Waals surface area (Å²) in [7, 11) is 0. The highest BCUT2D eigenvalue weighted by Gasteiger charge is 2.17. The summed E-state index contributed by atoms with van der Waals surface area (Å²) < 4.78 is 13.4. The molecule has 0 fully saturated rings. The molecule has 0 spiro atoms. The van der Waals surface area contributed by atoms with Crippen LogP contribution in [0, 0.1) is 11.7 Å². The van der Waals surface area contributed by atoms with Gasteiger partial charge in [-0.15, -0.1) is 0 Å². The molecule has 0 heterocycles. The minimum absolute atomic E-state index is 0.0626. The SMILES string of the molecule is CCCC(C)CC(=O)Sc1cc(C(=O)Cl)c(F)cc1Cl. The van der Waals surface area contributed by atoms with E-state index in [0.29, 0.717) is 11.3 Å². The maximum absolute atomic E-state index is 13.4. The van der Waals surface area contributed by atoms with Gasteiger partial charge in [-0.1, -0.05) is 50.1 Å². The summed E-state index contributed by atoms with van der Waals surface area (Å²) in [6, 6.07) is 2.22. The van der Waals surface area contributed by atoms with E-state index in [4.69, 9.17) is 23.2 Å². The summed E-state index contributed by atoms with van der Waals surface area (Å²) in [4.78, 5) is 23.3. The Kier molecular flexibility index (Phi) is 7.00. The van der Waals surface area contributed by atoms with Gasteiger partial charge in [0, 0.05) is 11.3 Å². The van der Waals surface area contributed by atoms with Gasteiger partial charge in [-0.3, -0.25) is 9.59 Å². The van der Waals surface area contributed by atoms with Crippen molar-refractivity contribution in [2.45, 2.75) is 38.0 Å². The minimum Gasteiger partial charge on any atom is -0.287 e. The van der Waals surface area contributed by atoms with Crippen molar-refractivity contribution in [3.63, 3.8) is 0 Å². The van der Waals surface area contributed by atoms with Gasteiger partial charge in [-0.2, -0.15) is 0 Å². The van der Waals surface area contributed by atoms with E-state index >= 15 is 0 Å². The van der Waals surface area contributed by atoms with Crippen molar-refractivity contribution in [3.05, 3.63) is 28.5 Å². The summed E-state index contributed by atoms with van der Waals surface area (Å²) >= 11 is 12.1. The Labute approximate surface area is 132 Å². The molecule has 0 N–H and O–H groups in total. The van der Waals surface area contributed by atoms with Crippen molar-refractivity contribution in [2.24, 2.45) is 5.92 Å². The van der Waals surface area contributed by atoms with E-state index in [0.717, 1.165) is 30.7 Å². The van der Waals surface area contributed by atoms with E-state index in [1.54, 1.807) is 0 Å². The molecule has 1 aromatic rings. The lowest BCUT2D eigenvalue weighted by molar-refractivity contribution is -0.111. The first-order chi connectivity index (χ1) is 9.35. The zero-order chi connectivity index (χ0) is 15.3. The van der Waals surface area contributed by atoms with Crippen molar-refractivity contribution < 1.29 is 14.0 Å². The van der Waals surface area contributed by atoms with Crippen LogP contribution in [0.5, 0.6) is 0 Å². The Morgan fingerprint density at radius 3 is 2.60 bits per heavy atom. The van der Waals surface area contributed by atoms with Crippen LogP contribution in [0.15, 0.2) is 17.0 Å².